The third kappa shape index (κ3) is 2.24. The van der Waals surface area contributed by atoms with Gasteiger partial charge in [0.15, 0.2) is 17.3 Å². The number of halogens is 1. The van der Waals surface area contributed by atoms with E-state index in [0.717, 1.165) is 11.6 Å². The molecule has 0 aromatic carbocycles. The van der Waals surface area contributed by atoms with E-state index in [1.807, 2.05) is 6.92 Å². The normalized spacial score (nSPS) is 47.4. The van der Waals surface area contributed by atoms with Crippen LogP contribution in [0, 0.1) is 28.6 Å². The standard InChI is InChI=1S/C21H27FO6/c1-19-9-15(25)18-13(14(19)5-6-21(19,27)16(26)10-23)4-3-11-7-12(24)8-17(28-22)20(11,18)2/h7-8,13-15,18,23,25,27H,3-6,9-10H2,1-2H3/t13-,14-,15-,18+,19-,20+,21-/m0/s1. The minimum Gasteiger partial charge on any atom is -0.393 e. The zero-order chi connectivity index (χ0) is 20.5. The molecule has 0 amide bonds. The Morgan fingerprint density at radius 2 is 2.04 bits per heavy atom. The molecule has 0 bridgehead atoms. The van der Waals surface area contributed by atoms with E-state index < -0.39 is 34.9 Å². The van der Waals surface area contributed by atoms with Gasteiger partial charge in [-0.2, -0.15) is 0 Å². The van der Waals surface area contributed by atoms with Gasteiger partial charge in [0.2, 0.25) is 0 Å². The van der Waals surface area contributed by atoms with Crippen molar-refractivity contribution in [2.24, 2.45) is 28.6 Å². The highest BCUT2D eigenvalue weighted by Gasteiger charge is 2.69. The third-order valence-corrected chi connectivity index (χ3v) is 8.48. The number of hydrogen-bond acceptors (Lipinski definition) is 6. The first-order valence-electron chi connectivity index (χ1n) is 9.94. The molecule has 0 radical (unpaired) electrons. The first-order chi connectivity index (χ1) is 13.1. The van der Waals surface area contributed by atoms with Crippen LogP contribution in [0.2, 0.25) is 0 Å². The minimum atomic E-state index is -1.67. The van der Waals surface area contributed by atoms with E-state index in [2.05, 4.69) is 4.94 Å². The van der Waals surface area contributed by atoms with Crippen LogP contribution in [0.4, 0.5) is 4.53 Å². The summed E-state index contributed by atoms with van der Waals surface area (Å²) in [4.78, 5) is 28.4. The second-order valence-corrected chi connectivity index (χ2v) is 9.36. The van der Waals surface area contributed by atoms with Crippen molar-refractivity contribution in [2.45, 2.75) is 57.7 Å². The zero-order valence-corrected chi connectivity index (χ0v) is 16.2. The minimum absolute atomic E-state index is 0.0572. The van der Waals surface area contributed by atoms with E-state index >= 15 is 0 Å². The maximum Gasteiger partial charge on any atom is 0.190 e. The van der Waals surface area contributed by atoms with Gasteiger partial charge in [0.1, 0.15) is 12.2 Å². The second kappa shape index (κ2) is 6.21. The Labute approximate surface area is 163 Å². The average Bonchev–Trinajstić information content (AvgIpc) is 2.92. The largest absolute Gasteiger partial charge is 0.393 e. The average molecular weight is 394 g/mol. The molecular formula is C21H27FO6. The number of Topliss-reactive ketones (excluding diaryl/α,β-unsaturated/α-hetero) is 1. The molecule has 4 aliphatic rings. The van der Waals surface area contributed by atoms with Gasteiger partial charge in [-0.1, -0.05) is 12.5 Å². The summed E-state index contributed by atoms with van der Waals surface area (Å²) in [6.45, 7) is 2.88. The summed E-state index contributed by atoms with van der Waals surface area (Å²) in [6, 6.07) is 0. The fourth-order valence-corrected chi connectivity index (χ4v) is 7.10. The van der Waals surface area contributed by atoms with Gasteiger partial charge in [-0.3, -0.25) is 14.5 Å². The molecule has 0 saturated heterocycles. The van der Waals surface area contributed by atoms with Crippen molar-refractivity contribution in [2.75, 3.05) is 6.61 Å². The number of carbonyl (C=O) groups excluding carboxylic acids is 2. The fourth-order valence-electron chi connectivity index (χ4n) is 7.10. The molecule has 0 aromatic rings. The van der Waals surface area contributed by atoms with Crippen LogP contribution in [0.25, 0.3) is 0 Å². The van der Waals surface area contributed by atoms with Gasteiger partial charge < -0.3 is 15.3 Å². The maximum atomic E-state index is 13.4. The number of carbonyl (C=O) groups is 2. The van der Waals surface area contributed by atoms with Crippen molar-refractivity contribution in [3.05, 3.63) is 23.5 Å². The summed E-state index contributed by atoms with van der Waals surface area (Å²) in [5, 5.41) is 31.7. The molecule has 28 heavy (non-hydrogen) atoms. The first kappa shape index (κ1) is 19.7. The molecule has 154 valence electrons. The Bertz CT molecular complexity index is 772. The van der Waals surface area contributed by atoms with Gasteiger partial charge in [0.25, 0.3) is 0 Å². The third-order valence-electron chi connectivity index (χ3n) is 8.48. The molecule has 0 spiro atoms. The highest BCUT2D eigenvalue weighted by molar-refractivity contribution is 6.01. The summed E-state index contributed by atoms with van der Waals surface area (Å²) < 4.78 is 13.4. The highest BCUT2D eigenvalue weighted by atomic mass is 19.3. The Balaban J connectivity index is 1.78. The SMILES string of the molecule is C[C@@]12C(=CC(=O)C=C1OF)CC[C@@H]1[C@@H]2[C@@H](O)C[C@@]2(C)[C@H]1CC[C@]2(O)C(=O)CO. The molecule has 0 aromatic heterocycles. The first-order valence-corrected chi connectivity index (χ1v) is 9.94. The number of aliphatic hydroxyl groups excluding tert-OH is 2. The predicted octanol–water partition coefficient (Wildman–Crippen LogP) is 1.79. The van der Waals surface area contributed by atoms with Gasteiger partial charge in [-0.25, -0.2) is 0 Å². The predicted molar refractivity (Wildman–Crippen MR) is 96.2 cm³/mol. The van der Waals surface area contributed by atoms with E-state index in [1.54, 1.807) is 6.92 Å². The molecule has 7 heteroatoms. The van der Waals surface area contributed by atoms with Crippen LogP contribution in [-0.4, -0.2) is 45.2 Å². The Morgan fingerprint density at radius 1 is 1.32 bits per heavy atom. The summed E-state index contributed by atoms with van der Waals surface area (Å²) in [6.07, 6.45) is 3.99. The van der Waals surface area contributed by atoms with Gasteiger partial charge >= 0.3 is 0 Å². The lowest BCUT2D eigenvalue weighted by Crippen LogP contribution is -2.62. The molecule has 6 nitrogen and oxygen atoms in total. The van der Waals surface area contributed by atoms with Crippen molar-refractivity contribution >= 4 is 11.6 Å². The molecule has 3 N–H and O–H groups in total. The molecule has 3 fully saturated rings. The quantitative estimate of drug-likeness (QED) is 0.674. The zero-order valence-electron chi connectivity index (χ0n) is 16.2. The van der Waals surface area contributed by atoms with Crippen LogP contribution in [0.15, 0.2) is 23.5 Å². The fraction of sp³-hybridized carbons (Fsp3) is 0.714. The number of ketones is 2. The lowest BCUT2D eigenvalue weighted by atomic mass is 9.46. The van der Waals surface area contributed by atoms with Crippen LogP contribution in [0.3, 0.4) is 0 Å². The van der Waals surface area contributed by atoms with Gasteiger partial charge in [0, 0.05) is 21.9 Å². The van der Waals surface area contributed by atoms with E-state index in [-0.39, 0.29) is 42.1 Å². The summed E-state index contributed by atoms with van der Waals surface area (Å²) in [5.74, 6) is -1.51. The van der Waals surface area contributed by atoms with Gasteiger partial charge in [-0.05, 0) is 56.9 Å². The second-order valence-electron chi connectivity index (χ2n) is 9.36. The van der Waals surface area contributed by atoms with Gasteiger partial charge in [0.05, 0.1) is 11.5 Å². The molecule has 7 atom stereocenters. The molecule has 0 unspecified atom stereocenters. The van der Waals surface area contributed by atoms with Crippen molar-refractivity contribution in [3.8, 4) is 0 Å². The Hall–Kier alpha value is -1.57. The lowest BCUT2D eigenvalue weighted by Gasteiger charge is -2.59. The molecule has 4 aliphatic carbocycles. The van der Waals surface area contributed by atoms with Crippen LogP contribution < -0.4 is 0 Å². The van der Waals surface area contributed by atoms with E-state index in [0.29, 0.717) is 19.3 Å². The molecule has 0 aliphatic heterocycles. The van der Waals surface area contributed by atoms with E-state index in [4.69, 9.17) is 0 Å². The van der Waals surface area contributed by atoms with Crippen LogP contribution in [0.5, 0.6) is 0 Å². The number of aliphatic hydroxyl groups is 3. The number of allylic oxidation sites excluding steroid dienone is 3. The van der Waals surface area contributed by atoms with E-state index in [1.165, 1.54) is 6.08 Å². The summed E-state index contributed by atoms with van der Waals surface area (Å²) in [7, 11) is 0. The monoisotopic (exact) mass is 394 g/mol. The van der Waals surface area contributed by atoms with Gasteiger partial charge in [-0.15, -0.1) is 0 Å². The molecule has 4 rings (SSSR count). The van der Waals surface area contributed by atoms with Crippen molar-refractivity contribution in [1.82, 2.24) is 0 Å². The highest BCUT2D eigenvalue weighted by Crippen LogP contribution is 2.68. The molecule has 3 saturated carbocycles. The number of hydrogen-bond donors (Lipinski definition) is 3. The van der Waals surface area contributed by atoms with Crippen molar-refractivity contribution in [1.29, 1.82) is 0 Å². The molecule has 0 heterocycles. The van der Waals surface area contributed by atoms with Crippen molar-refractivity contribution < 1.29 is 34.4 Å². The number of rotatable bonds is 3. The van der Waals surface area contributed by atoms with Crippen LogP contribution >= 0.6 is 0 Å². The van der Waals surface area contributed by atoms with Crippen molar-refractivity contribution in [3.63, 3.8) is 0 Å². The molecular weight excluding hydrogens is 367 g/mol. The topological polar surface area (TPSA) is 104 Å². The Kier molecular flexibility index (Phi) is 4.38. The smallest absolute Gasteiger partial charge is 0.190 e. The number of fused-ring (bicyclic) bond motifs is 5. The Morgan fingerprint density at radius 3 is 2.68 bits per heavy atom. The lowest BCUT2D eigenvalue weighted by molar-refractivity contribution is -0.188. The van der Waals surface area contributed by atoms with E-state index in [9.17, 15) is 29.4 Å². The van der Waals surface area contributed by atoms with Crippen LogP contribution in [-0.2, 0) is 14.5 Å². The summed E-state index contributed by atoms with van der Waals surface area (Å²) >= 11 is 0. The maximum absolute atomic E-state index is 13.4. The van der Waals surface area contributed by atoms with Crippen LogP contribution in [0.1, 0.15) is 46.0 Å². The summed E-state index contributed by atoms with van der Waals surface area (Å²) in [5.41, 5.74) is -2.71.